The van der Waals surface area contributed by atoms with Gasteiger partial charge in [-0.25, -0.2) is 0 Å². The number of hydrogen-bond acceptors (Lipinski definition) is 4. The summed E-state index contributed by atoms with van der Waals surface area (Å²) in [7, 11) is 0. The quantitative estimate of drug-likeness (QED) is 0.787. The maximum atomic E-state index is 12.0. The van der Waals surface area contributed by atoms with Crippen molar-refractivity contribution in [2.75, 3.05) is 25.1 Å². The number of likely N-dealkylation sites (tertiary alicyclic amines) is 1. The minimum atomic E-state index is -0.339. The summed E-state index contributed by atoms with van der Waals surface area (Å²) in [5.74, 6) is 0.995. The lowest BCUT2D eigenvalue weighted by Crippen LogP contribution is -2.51. The van der Waals surface area contributed by atoms with E-state index in [0.717, 1.165) is 44.1 Å². The Hall–Kier alpha value is -0.260. The Morgan fingerprint density at radius 3 is 2.52 bits per heavy atom. The van der Waals surface area contributed by atoms with E-state index in [1.165, 1.54) is 32.1 Å². The Balaban J connectivity index is 1.67. The SMILES string of the molecule is CSCC[C@H](N)C(=O)NC1CCN(C2CCCCC2)CC1. The number of nitrogens with zero attached hydrogens (tertiary/aromatic N) is 1. The third-order valence-electron chi connectivity index (χ3n) is 4.94. The van der Waals surface area contributed by atoms with Gasteiger partial charge in [0.15, 0.2) is 0 Å². The van der Waals surface area contributed by atoms with Crippen molar-refractivity contribution in [3.05, 3.63) is 0 Å². The van der Waals surface area contributed by atoms with Crippen molar-refractivity contribution in [3.8, 4) is 0 Å². The van der Waals surface area contributed by atoms with Gasteiger partial charge in [0.25, 0.3) is 0 Å². The van der Waals surface area contributed by atoms with Crippen molar-refractivity contribution in [2.45, 2.75) is 69.5 Å². The van der Waals surface area contributed by atoms with E-state index in [0.29, 0.717) is 6.04 Å². The number of amides is 1. The number of nitrogens with one attached hydrogen (secondary N) is 1. The van der Waals surface area contributed by atoms with E-state index < -0.39 is 0 Å². The Kier molecular flexibility index (Phi) is 7.34. The molecule has 0 bridgehead atoms. The molecule has 2 aliphatic rings. The average Bonchev–Trinajstić information content (AvgIpc) is 2.54. The van der Waals surface area contributed by atoms with Gasteiger partial charge in [-0.1, -0.05) is 19.3 Å². The summed E-state index contributed by atoms with van der Waals surface area (Å²) in [4.78, 5) is 14.7. The molecule has 0 aromatic heterocycles. The first-order valence-electron chi connectivity index (χ1n) is 8.49. The molecule has 0 spiro atoms. The summed E-state index contributed by atoms with van der Waals surface area (Å²) >= 11 is 1.74. The Morgan fingerprint density at radius 2 is 1.90 bits per heavy atom. The number of nitrogens with two attached hydrogens (primary N) is 1. The smallest absolute Gasteiger partial charge is 0.237 e. The van der Waals surface area contributed by atoms with E-state index in [-0.39, 0.29) is 11.9 Å². The fourth-order valence-corrected chi connectivity index (χ4v) is 4.03. The predicted octanol–water partition coefficient (Wildman–Crippen LogP) is 1.98. The Labute approximate surface area is 133 Å². The lowest BCUT2D eigenvalue weighted by Gasteiger charge is -2.39. The molecule has 21 heavy (non-hydrogen) atoms. The highest BCUT2D eigenvalue weighted by Crippen LogP contribution is 2.25. The van der Waals surface area contributed by atoms with Gasteiger partial charge in [0, 0.05) is 25.2 Å². The van der Waals surface area contributed by atoms with Crippen LogP contribution in [0.4, 0.5) is 0 Å². The van der Waals surface area contributed by atoms with E-state index in [9.17, 15) is 4.79 Å². The highest BCUT2D eigenvalue weighted by atomic mass is 32.2. The summed E-state index contributed by atoms with van der Waals surface area (Å²) < 4.78 is 0. The van der Waals surface area contributed by atoms with Crippen LogP contribution in [0, 0.1) is 0 Å². The molecule has 5 heteroatoms. The van der Waals surface area contributed by atoms with Gasteiger partial charge in [0.2, 0.25) is 5.91 Å². The van der Waals surface area contributed by atoms with Crippen LogP contribution >= 0.6 is 11.8 Å². The van der Waals surface area contributed by atoms with Crippen LogP contribution in [-0.4, -0.2) is 54.0 Å². The monoisotopic (exact) mass is 313 g/mol. The summed E-state index contributed by atoms with van der Waals surface area (Å²) in [5.41, 5.74) is 5.93. The predicted molar refractivity (Wildman–Crippen MR) is 90.6 cm³/mol. The normalized spacial score (nSPS) is 23.9. The fraction of sp³-hybridized carbons (Fsp3) is 0.938. The van der Waals surface area contributed by atoms with Gasteiger partial charge in [0.05, 0.1) is 6.04 Å². The maximum Gasteiger partial charge on any atom is 0.237 e. The number of carbonyl (C=O) groups is 1. The van der Waals surface area contributed by atoms with Crippen molar-refractivity contribution >= 4 is 17.7 Å². The summed E-state index contributed by atoms with van der Waals surface area (Å²) in [6.07, 6.45) is 11.9. The number of rotatable bonds is 6. The topological polar surface area (TPSA) is 58.4 Å². The molecule has 2 fully saturated rings. The molecule has 1 saturated heterocycles. The van der Waals surface area contributed by atoms with Gasteiger partial charge in [-0.3, -0.25) is 4.79 Å². The summed E-state index contributed by atoms with van der Waals surface area (Å²) in [6.45, 7) is 2.27. The first kappa shape index (κ1) is 17.1. The summed E-state index contributed by atoms with van der Waals surface area (Å²) in [5, 5.41) is 3.15. The second-order valence-electron chi connectivity index (χ2n) is 6.50. The van der Waals surface area contributed by atoms with Crippen LogP contribution in [0.5, 0.6) is 0 Å². The first-order valence-corrected chi connectivity index (χ1v) is 9.89. The molecule has 1 aliphatic heterocycles. The van der Waals surface area contributed by atoms with Gasteiger partial charge in [-0.05, 0) is 44.1 Å². The van der Waals surface area contributed by atoms with E-state index in [4.69, 9.17) is 5.73 Å². The lowest BCUT2D eigenvalue weighted by atomic mass is 9.92. The molecule has 0 aromatic carbocycles. The molecule has 1 heterocycles. The largest absolute Gasteiger partial charge is 0.352 e. The molecule has 2 rings (SSSR count). The first-order chi connectivity index (χ1) is 10.2. The number of carbonyl (C=O) groups excluding carboxylic acids is 1. The van der Waals surface area contributed by atoms with E-state index in [2.05, 4.69) is 10.2 Å². The van der Waals surface area contributed by atoms with Crippen molar-refractivity contribution in [1.82, 2.24) is 10.2 Å². The van der Waals surface area contributed by atoms with Crippen LogP contribution in [0.3, 0.4) is 0 Å². The van der Waals surface area contributed by atoms with Gasteiger partial charge < -0.3 is 16.0 Å². The fourth-order valence-electron chi connectivity index (χ4n) is 3.54. The molecule has 3 N–H and O–H groups in total. The average molecular weight is 314 g/mol. The van der Waals surface area contributed by atoms with Crippen LogP contribution < -0.4 is 11.1 Å². The Morgan fingerprint density at radius 1 is 1.24 bits per heavy atom. The van der Waals surface area contributed by atoms with Gasteiger partial charge >= 0.3 is 0 Å². The molecule has 0 aromatic rings. The molecule has 1 atom stereocenters. The second-order valence-corrected chi connectivity index (χ2v) is 7.48. The third-order valence-corrected chi connectivity index (χ3v) is 5.58. The minimum absolute atomic E-state index is 0.0418. The lowest BCUT2D eigenvalue weighted by molar-refractivity contribution is -0.123. The number of thioether (sulfide) groups is 1. The highest BCUT2D eigenvalue weighted by molar-refractivity contribution is 7.98. The van der Waals surface area contributed by atoms with Crippen molar-refractivity contribution < 1.29 is 4.79 Å². The van der Waals surface area contributed by atoms with E-state index >= 15 is 0 Å². The van der Waals surface area contributed by atoms with Crippen LogP contribution in [0.2, 0.25) is 0 Å². The molecule has 122 valence electrons. The molecule has 4 nitrogen and oxygen atoms in total. The molecule has 0 radical (unpaired) electrons. The van der Waals surface area contributed by atoms with Crippen LogP contribution in [0.25, 0.3) is 0 Å². The van der Waals surface area contributed by atoms with E-state index in [1.807, 2.05) is 6.26 Å². The zero-order valence-electron chi connectivity index (χ0n) is 13.4. The zero-order valence-corrected chi connectivity index (χ0v) is 14.2. The number of hydrogen-bond donors (Lipinski definition) is 2. The molecule has 1 amide bonds. The van der Waals surface area contributed by atoms with Gasteiger partial charge in [0.1, 0.15) is 0 Å². The molecule has 1 saturated carbocycles. The van der Waals surface area contributed by atoms with Gasteiger partial charge in [-0.15, -0.1) is 0 Å². The number of piperidine rings is 1. The highest BCUT2D eigenvalue weighted by Gasteiger charge is 2.27. The second kappa shape index (κ2) is 9.01. The summed E-state index contributed by atoms with van der Waals surface area (Å²) in [6, 6.07) is 0.797. The maximum absolute atomic E-state index is 12.0. The van der Waals surface area contributed by atoms with Crippen molar-refractivity contribution in [2.24, 2.45) is 5.73 Å². The third kappa shape index (κ3) is 5.46. The minimum Gasteiger partial charge on any atom is -0.352 e. The van der Waals surface area contributed by atoms with Crippen molar-refractivity contribution in [3.63, 3.8) is 0 Å². The van der Waals surface area contributed by atoms with E-state index in [1.54, 1.807) is 11.8 Å². The van der Waals surface area contributed by atoms with Crippen LogP contribution in [-0.2, 0) is 4.79 Å². The molecular formula is C16H31N3OS. The van der Waals surface area contributed by atoms with Crippen LogP contribution in [0.15, 0.2) is 0 Å². The van der Waals surface area contributed by atoms with Gasteiger partial charge in [-0.2, -0.15) is 11.8 Å². The molecule has 0 unspecified atom stereocenters. The molecular weight excluding hydrogens is 282 g/mol. The van der Waals surface area contributed by atoms with Crippen LogP contribution in [0.1, 0.15) is 51.4 Å². The molecule has 1 aliphatic carbocycles. The zero-order chi connectivity index (χ0) is 15.1. The Bertz CT molecular complexity index is 313. The standard InChI is InChI=1S/C16H31N3OS/c1-21-12-9-15(17)16(20)18-13-7-10-19(11-8-13)14-5-3-2-4-6-14/h13-15H,2-12,17H2,1H3,(H,18,20)/t15-/m0/s1. The van der Waals surface area contributed by atoms with Crippen molar-refractivity contribution in [1.29, 1.82) is 0 Å².